The van der Waals surface area contributed by atoms with Gasteiger partial charge < -0.3 is 16.2 Å². The zero-order valence-corrected chi connectivity index (χ0v) is 11.2. The van der Waals surface area contributed by atoms with Gasteiger partial charge >= 0.3 is 0 Å². The summed E-state index contributed by atoms with van der Waals surface area (Å²) in [5, 5.41) is 0. The number of ether oxygens (including phenoxy) is 1. The van der Waals surface area contributed by atoms with Gasteiger partial charge in [0.1, 0.15) is 11.9 Å². The Balaban J connectivity index is 2.18. The maximum Gasteiger partial charge on any atom is 0.254 e. The van der Waals surface area contributed by atoms with Gasteiger partial charge in [-0.05, 0) is 13.8 Å². The maximum atomic E-state index is 11.1. The zero-order valence-electron chi connectivity index (χ0n) is 11.2. The average Bonchev–Trinajstić information content (AvgIpc) is 2.38. The Morgan fingerprint density at radius 1 is 1.58 bits per heavy atom. The molecule has 4 N–H and O–H groups in total. The molecule has 19 heavy (non-hydrogen) atoms. The summed E-state index contributed by atoms with van der Waals surface area (Å²) in [6.07, 6.45) is 1.14. The van der Waals surface area contributed by atoms with E-state index in [-0.39, 0.29) is 17.5 Å². The van der Waals surface area contributed by atoms with Gasteiger partial charge in [0.05, 0.1) is 12.2 Å². The number of amides is 1. The highest BCUT2D eigenvalue weighted by atomic mass is 16.5. The summed E-state index contributed by atoms with van der Waals surface area (Å²) in [6, 6.07) is 0.439. The summed E-state index contributed by atoms with van der Waals surface area (Å²) in [7, 11) is 0. The summed E-state index contributed by atoms with van der Waals surface area (Å²) < 4.78 is 5.66. The molecule has 0 radical (unpaired) electrons. The van der Waals surface area contributed by atoms with Crippen LogP contribution in [0.2, 0.25) is 0 Å². The van der Waals surface area contributed by atoms with Gasteiger partial charge in [-0.3, -0.25) is 9.69 Å². The van der Waals surface area contributed by atoms with Crippen LogP contribution in [0, 0.1) is 0 Å². The van der Waals surface area contributed by atoms with Gasteiger partial charge in [-0.25, -0.2) is 9.97 Å². The number of hydrogen-bond acceptors (Lipinski definition) is 6. The predicted molar refractivity (Wildman–Crippen MR) is 70.4 cm³/mol. The van der Waals surface area contributed by atoms with Crippen LogP contribution in [0.3, 0.4) is 0 Å². The monoisotopic (exact) mass is 265 g/mol. The van der Waals surface area contributed by atoms with E-state index in [0.717, 1.165) is 6.54 Å². The fraction of sp³-hybridized carbons (Fsp3) is 0.583. The topological polar surface area (TPSA) is 107 Å². The molecule has 1 unspecified atom stereocenters. The number of nitrogens with two attached hydrogens (primary N) is 2. The lowest BCUT2D eigenvalue weighted by Gasteiger charge is -2.34. The van der Waals surface area contributed by atoms with Crippen LogP contribution in [0.5, 0.6) is 0 Å². The van der Waals surface area contributed by atoms with E-state index in [9.17, 15) is 4.79 Å². The highest BCUT2D eigenvalue weighted by Gasteiger charge is 2.26. The van der Waals surface area contributed by atoms with Crippen LogP contribution in [-0.2, 0) is 4.74 Å². The molecule has 7 heteroatoms. The number of anilines is 1. The molecule has 1 aromatic heterocycles. The second-order valence-corrected chi connectivity index (χ2v) is 4.84. The van der Waals surface area contributed by atoms with Gasteiger partial charge in [-0.15, -0.1) is 0 Å². The number of rotatable bonds is 3. The highest BCUT2D eigenvalue weighted by Crippen LogP contribution is 2.21. The number of aromatic nitrogens is 2. The lowest BCUT2D eigenvalue weighted by molar-refractivity contribution is -0.0442. The molecule has 7 nitrogen and oxygen atoms in total. The van der Waals surface area contributed by atoms with Crippen molar-refractivity contribution in [3.8, 4) is 0 Å². The van der Waals surface area contributed by atoms with Gasteiger partial charge in [0.2, 0.25) is 0 Å². The van der Waals surface area contributed by atoms with Crippen molar-refractivity contribution in [3.05, 3.63) is 17.6 Å². The van der Waals surface area contributed by atoms with Gasteiger partial charge in [-0.2, -0.15) is 0 Å². The van der Waals surface area contributed by atoms with Crippen molar-refractivity contribution in [1.29, 1.82) is 0 Å². The minimum Gasteiger partial charge on any atom is -0.383 e. The van der Waals surface area contributed by atoms with Crippen molar-refractivity contribution in [3.63, 3.8) is 0 Å². The predicted octanol–water partition coefficient (Wildman–Crippen LogP) is -0.0606. The largest absolute Gasteiger partial charge is 0.383 e. The van der Waals surface area contributed by atoms with E-state index in [1.165, 1.54) is 6.20 Å². The Morgan fingerprint density at radius 2 is 2.32 bits per heavy atom. The van der Waals surface area contributed by atoms with Crippen molar-refractivity contribution >= 4 is 11.7 Å². The third-order valence-electron chi connectivity index (χ3n) is 3.22. The first-order valence-electron chi connectivity index (χ1n) is 6.27. The maximum absolute atomic E-state index is 11.1. The molecule has 2 heterocycles. The minimum absolute atomic E-state index is 0.0998. The summed E-state index contributed by atoms with van der Waals surface area (Å²) >= 11 is 0. The van der Waals surface area contributed by atoms with Crippen LogP contribution < -0.4 is 11.5 Å². The van der Waals surface area contributed by atoms with Crippen LogP contribution in [0.1, 0.15) is 36.1 Å². The number of carbonyl (C=O) groups excluding carboxylic acids is 1. The molecular formula is C12H19N5O2. The Bertz CT molecular complexity index is 477. The van der Waals surface area contributed by atoms with E-state index < -0.39 is 5.91 Å². The average molecular weight is 265 g/mol. The summed E-state index contributed by atoms with van der Waals surface area (Å²) in [5.41, 5.74) is 11.0. The molecule has 1 fully saturated rings. The molecule has 0 spiro atoms. The smallest absolute Gasteiger partial charge is 0.254 e. The van der Waals surface area contributed by atoms with Crippen LogP contribution in [0.4, 0.5) is 5.82 Å². The fourth-order valence-electron chi connectivity index (χ4n) is 2.05. The van der Waals surface area contributed by atoms with Crippen molar-refractivity contribution in [2.24, 2.45) is 5.73 Å². The Morgan fingerprint density at radius 3 is 2.89 bits per heavy atom. The van der Waals surface area contributed by atoms with Crippen molar-refractivity contribution in [2.45, 2.75) is 26.0 Å². The van der Waals surface area contributed by atoms with Gasteiger partial charge in [0.25, 0.3) is 5.91 Å². The van der Waals surface area contributed by atoms with Crippen LogP contribution in [0.25, 0.3) is 0 Å². The third-order valence-corrected chi connectivity index (χ3v) is 3.22. The number of primary amides is 1. The number of nitrogen functional groups attached to an aromatic ring is 1. The lowest BCUT2D eigenvalue weighted by atomic mass is 10.2. The van der Waals surface area contributed by atoms with Crippen LogP contribution in [-0.4, -0.2) is 46.5 Å². The second-order valence-electron chi connectivity index (χ2n) is 4.84. The van der Waals surface area contributed by atoms with Gasteiger partial charge in [0, 0.05) is 25.3 Å². The van der Waals surface area contributed by atoms with Crippen molar-refractivity contribution < 1.29 is 9.53 Å². The van der Waals surface area contributed by atoms with Crippen molar-refractivity contribution in [1.82, 2.24) is 14.9 Å². The van der Waals surface area contributed by atoms with Gasteiger partial charge in [-0.1, -0.05) is 0 Å². The number of carbonyl (C=O) groups is 1. The molecule has 1 aliphatic rings. The molecule has 1 atom stereocenters. The van der Waals surface area contributed by atoms with Crippen molar-refractivity contribution in [2.75, 3.05) is 25.4 Å². The van der Waals surface area contributed by atoms with Crippen LogP contribution >= 0.6 is 0 Å². The standard InChI is InChI=1S/C12H19N5O2/c1-7(2)17-3-4-19-9(6-17)12-15-5-8(11(14)18)10(13)16-12/h5,7,9H,3-4,6H2,1-2H3,(H2,14,18)(H2,13,15,16). The van der Waals surface area contributed by atoms with E-state index in [4.69, 9.17) is 16.2 Å². The first-order valence-corrected chi connectivity index (χ1v) is 6.27. The number of hydrogen-bond donors (Lipinski definition) is 2. The molecule has 1 saturated heterocycles. The lowest BCUT2D eigenvalue weighted by Crippen LogP contribution is -2.42. The molecule has 1 aromatic rings. The zero-order chi connectivity index (χ0) is 14.0. The molecule has 104 valence electrons. The fourth-order valence-corrected chi connectivity index (χ4v) is 2.05. The molecule has 0 saturated carbocycles. The summed E-state index contributed by atoms with van der Waals surface area (Å²) in [4.78, 5) is 21.6. The number of nitrogens with zero attached hydrogens (tertiary/aromatic N) is 3. The Hall–Kier alpha value is -1.73. The second kappa shape index (κ2) is 5.50. The van der Waals surface area contributed by atoms with Gasteiger partial charge in [0.15, 0.2) is 5.82 Å². The minimum atomic E-state index is -0.627. The molecule has 0 aromatic carbocycles. The first kappa shape index (κ1) is 13.7. The SMILES string of the molecule is CC(C)N1CCOC(c2ncc(C(N)=O)c(N)n2)C1. The van der Waals surface area contributed by atoms with E-state index >= 15 is 0 Å². The molecule has 1 aliphatic heterocycles. The summed E-state index contributed by atoms with van der Waals surface area (Å²) in [5.74, 6) is -0.0342. The van der Waals surface area contributed by atoms with E-state index in [1.807, 2.05) is 0 Å². The molecule has 0 bridgehead atoms. The highest BCUT2D eigenvalue weighted by molar-refractivity contribution is 5.96. The molecule has 1 amide bonds. The van der Waals surface area contributed by atoms with E-state index in [0.29, 0.717) is 25.0 Å². The Kier molecular flexibility index (Phi) is 3.96. The number of morpholine rings is 1. The van der Waals surface area contributed by atoms with Crippen LogP contribution in [0.15, 0.2) is 6.20 Å². The molecule has 0 aliphatic carbocycles. The Labute approximate surface area is 111 Å². The summed E-state index contributed by atoms with van der Waals surface area (Å²) in [6.45, 7) is 6.50. The first-order chi connectivity index (χ1) is 8.99. The molecule has 2 rings (SSSR count). The quantitative estimate of drug-likeness (QED) is 0.792. The molecular weight excluding hydrogens is 246 g/mol. The normalized spacial score (nSPS) is 20.7. The van der Waals surface area contributed by atoms with E-state index in [2.05, 4.69) is 28.7 Å². The van der Waals surface area contributed by atoms with E-state index in [1.54, 1.807) is 0 Å². The third kappa shape index (κ3) is 2.99.